The summed E-state index contributed by atoms with van der Waals surface area (Å²) in [6, 6.07) is 3.82. The van der Waals surface area contributed by atoms with E-state index >= 15 is 0 Å². The summed E-state index contributed by atoms with van der Waals surface area (Å²) < 4.78 is 17.8. The van der Waals surface area contributed by atoms with Crippen molar-refractivity contribution in [2.24, 2.45) is 5.73 Å². The van der Waals surface area contributed by atoms with Gasteiger partial charge in [-0.15, -0.1) is 0 Å². The maximum absolute atomic E-state index is 12.4. The Balaban J connectivity index is 1.72. The Morgan fingerprint density at radius 2 is 2.33 bits per heavy atom. The summed E-state index contributed by atoms with van der Waals surface area (Å²) in [5.74, 6) is 0.457. The second kappa shape index (κ2) is 5.81. The van der Waals surface area contributed by atoms with Crippen LogP contribution in [0.25, 0.3) is 0 Å². The first-order chi connectivity index (χ1) is 10.2. The van der Waals surface area contributed by atoms with Crippen LogP contribution in [0.4, 0.5) is 4.39 Å². The molecule has 0 radical (unpaired) electrons. The molecule has 5 nitrogen and oxygen atoms in total. The number of hydrogen-bond acceptors (Lipinski definition) is 4. The Hall–Kier alpha value is -1.95. The molecule has 1 aliphatic heterocycles. The van der Waals surface area contributed by atoms with Crippen molar-refractivity contribution in [1.82, 2.24) is 9.88 Å². The number of halogens is 1. The second-order valence-corrected chi connectivity index (χ2v) is 5.38. The summed E-state index contributed by atoms with van der Waals surface area (Å²) in [5, 5.41) is 0. The molecular formula is C15H18FN3O2. The van der Waals surface area contributed by atoms with Crippen molar-refractivity contribution in [1.29, 1.82) is 0 Å². The van der Waals surface area contributed by atoms with Crippen LogP contribution in [0.5, 0.6) is 5.88 Å². The standard InChI is InChI=1S/C15H18FN3O2/c16-7-10(8-17)9-21-14-4-3-12-13(18-14)5-6-19(15(12)20)11-1-2-11/h3-4,7,11H,1-2,5-6,8-9,17H2/b10-7-. The van der Waals surface area contributed by atoms with Crippen LogP contribution in [-0.4, -0.2) is 41.5 Å². The smallest absolute Gasteiger partial charge is 0.255 e. The van der Waals surface area contributed by atoms with Crippen molar-refractivity contribution in [2.75, 3.05) is 19.7 Å². The number of aromatic nitrogens is 1. The van der Waals surface area contributed by atoms with Crippen molar-refractivity contribution in [3.05, 3.63) is 35.3 Å². The summed E-state index contributed by atoms with van der Waals surface area (Å²) in [7, 11) is 0. The zero-order valence-electron chi connectivity index (χ0n) is 11.7. The van der Waals surface area contributed by atoms with Gasteiger partial charge < -0.3 is 15.4 Å². The summed E-state index contributed by atoms with van der Waals surface area (Å²) in [5.41, 5.74) is 7.14. The van der Waals surface area contributed by atoms with Gasteiger partial charge in [0.1, 0.15) is 6.61 Å². The van der Waals surface area contributed by atoms with Crippen molar-refractivity contribution >= 4 is 5.91 Å². The van der Waals surface area contributed by atoms with Gasteiger partial charge in [-0.2, -0.15) is 0 Å². The molecule has 2 heterocycles. The molecule has 0 spiro atoms. The Labute approximate surface area is 122 Å². The van der Waals surface area contributed by atoms with Gasteiger partial charge in [0.25, 0.3) is 5.91 Å². The lowest BCUT2D eigenvalue weighted by Gasteiger charge is -2.28. The van der Waals surface area contributed by atoms with Crippen LogP contribution >= 0.6 is 0 Å². The summed E-state index contributed by atoms with van der Waals surface area (Å²) in [6.07, 6.45) is 3.40. The van der Waals surface area contributed by atoms with Crippen LogP contribution in [0.3, 0.4) is 0 Å². The predicted octanol–water partition coefficient (Wildman–Crippen LogP) is 1.43. The number of amides is 1. The van der Waals surface area contributed by atoms with Crippen LogP contribution in [0.15, 0.2) is 24.0 Å². The molecule has 1 saturated carbocycles. The maximum Gasteiger partial charge on any atom is 0.255 e. The van der Waals surface area contributed by atoms with Crippen molar-refractivity contribution in [3.8, 4) is 5.88 Å². The Morgan fingerprint density at radius 3 is 3.00 bits per heavy atom. The summed E-state index contributed by atoms with van der Waals surface area (Å²) >= 11 is 0. The summed E-state index contributed by atoms with van der Waals surface area (Å²) in [4.78, 5) is 18.6. The molecule has 1 fully saturated rings. The topological polar surface area (TPSA) is 68.5 Å². The molecule has 1 aliphatic carbocycles. The lowest BCUT2D eigenvalue weighted by molar-refractivity contribution is 0.0724. The first kappa shape index (κ1) is 14.0. The predicted molar refractivity (Wildman–Crippen MR) is 75.7 cm³/mol. The average Bonchev–Trinajstić information content (AvgIpc) is 3.33. The van der Waals surface area contributed by atoms with Gasteiger partial charge in [-0.05, 0) is 18.9 Å². The Bertz CT molecular complexity index is 584. The molecule has 0 atom stereocenters. The van der Waals surface area contributed by atoms with E-state index in [1.807, 2.05) is 4.90 Å². The van der Waals surface area contributed by atoms with E-state index in [2.05, 4.69) is 4.98 Å². The number of fused-ring (bicyclic) bond motifs is 1. The molecule has 2 aliphatic rings. The van der Waals surface area contributed by atoms with Crippen molar-refractivity contribution in [3.63, 3.8) is 0 Å². The molecule has 0 aromatic carbocycles. The third-order valence-electron chi connectivity index (χ3n) is 3.84. The molecule has 0 bridgehead atoms. The highest BCUT2D eigenvalue weighted by Crippen LogP contribution is 2.31. The van der Waals surface area contributed by atoms with E-state index in [1.165, 1.54) is 0 Å². The maximum atomic E-state index is 12.4. The molecular weight excluding hydrogens is 273 g/mol. The first-order valence-electron chi connectivity index (χ1n) is 7.15. The van der Waals surface area contributed by atoms with Crippen LogP contribution < -0.4 is 10.5 Å². The number of nitrogens with zero attached hydrogens (tertiary/aromatic N) is 2. The quantitative estimate of drug-likeness (QED) is 0.891. The number of nitrogens with two attached hydrogens (primary N) is 1. The van der Waals surface area contributed by atoms with Gasteiger partial charge in [0.15, 0.2) is 0 Å². The zero-order chi connectivity index (χ0) is 14.8. The minimum Gasteiger partial charge on any atom is -0.473 e. The monoisotopic (exact) mass is 291 g/mol. The van der Waals surface area contributed by atoms with Gasteiger partial charge in [0, 0.05) is 37.2 Å². The molecule has 1 aromatic rings. The van der Waals surface area contributed by atoms with E-state index in [0.717, 1.165) is 25.0 Å². The van der Waals surface area contributed by atoms with E-state index < -0.39 is 0 Å². The van der Waals surface area contributed by atoms with E-state index in [0.29, 0.717) is 35.9 Å². The first-order valence-corrected chi connectivity index (χ1v) is 7.15. The van der Waals surface area contributed by atoms with Crippen molar-refractivity contribution in [2.45, 2.75) is 25.3 Å². The number of carbonyl (C=O) groups is 1. The summed E-state index contributed by atoms with van der Waals surface area (Å²) in [6.45, 7) is 0.891. The highest BCUT2D eigenvalue weighted by Gasteiger charge is 2.36. The minimum absolute atomic E-state index is 0.0594. The normalized spacial score (nSPS) is 18.7. The van der Waals surface area contributed by atoms with E-state index in [4.69, 9.17) is 10.5 Å². The molecule has 2 N–H and O–H groups in total. The minimum atomic E-state index is 0.0594. The average molecular weight is 291 g/mol. The fourth-order valence-electron chi connectivity index (χ4n) is 2.47. The highest BCUT2D eigenvalue weighted by molar-refractivity contribution is 5.96. The molecule has 0 unspecified atom stereocenters. The van der Waals surface area contributed by atoms with Gasteiger partial charge >= 0.3 is 0 Å². The number of rotatable bonds is 5. The van der Waals surface area contributed by atoms with Crippen LogP contribution in [-0.2, 0) is 6.42 Å². The SMILES string of the molecule is NC/C(=C/F)COc1ccc2c(n1)CCN(C1CC1)C2=O. The molecule has 21 heavy (non-hydrogen) atoms. The molecule has 112 valence electrons. The number of hydrogen-bond donors (Lipinski definition) is 1. The van der Waals surface area contributed by atoms with Crippen LogP contribution in [0, 0.1) is 0 Å². The van der Waals surface area contributed by atoms with Gasteiger partial charge in [-0.1, -0.05) is 0 Å². The molecule has 0 saturated heterocycles. The van der Waals surface area contributed by atoms with E-state index in [1.54, 1.807) is 12.1 Å². The highest BCUT2D eigenvalue weighted by atomic mass is 19.1. The molecule has 1 aromatic heterocycles. The van der Waals surface area contributed by atoms with Gasteiger partial charge in [-0.3, -0.25) is 4.79 Å². The third kappa shape index (κ3) is 2.90. The van der Waals surface area contributed by atoms with E-state index in [-0.39, 0.29) is 19.1 Å². The zero-order valence-corrected chi connectivity index (χ0v) is 11.7. The lowest BCUT2D eigenvalue weighted by atomic mass is 10.0. The molecule has 6 heteroatoms. The molecule has 1 amide bonds. The number of pyridine rings is 1. The van der Waals surface area contributed by atoms with Crippen LogP contribution in [0.2, 0.25) is 0 Å². The largest absolute Gasteiger partial charge is 0.473 e. The number of ether oxygens (including phenoxy) is 1. The number of carbonyl (C=O) groups excluding carboxylic acids is 1. The van der Waals surface area contributed by atoms with Crippen LogP contribution in [0.1, 0.15) is 28.9 Å². The fraction of sp³-hybridized carbons (Fsp3) is 0.467. The van der Waals surface area contributed by atoms with Gasteiger partial charge in [0.05, 0.1) is 17.6 Å². The Morgan fingerprint density at radius 1 is 1.52 bits per heavy atom. The molecule has 3 rings (SSSR count). The Kier molecular flexibility index (Phi) is 3.88. The van der Waals surface area contributed by atoms with Gasteiger partial charge in [0.2, 0.25) is 5.88 Å². The lowest BCUT2D eigenvalue weighted by Crippen LogP contribution is -2.39. The van der Waals surface area contributed by atoms with Gasteiger partial charge in [-0.25, -0.2) is 9.37 Å². The third-order valence-corrected chi connectivity index (χ3v) is 3.84. The second-order valence-electron chi connectivity index (χ2n) is 5.38. The fourth-order valence-corrected chi connectivity index (χ4v) is 2.47. The van der Waals surface area contributed by atoms with E-state index in [9.17, 15) is 9.18 Å². The van der Waals surface area contributed by atoms with Crippen molar-refractivity contribution < 1.29 is 13.9 Å².